The van der Waals surface area contributed by atoms with Crippen molar-refractivity contribution in [1.82, 2.24) is 9.62 Å². The Bertz CT molecular complexity index is 364. The number of nitrogens with one attached hydrogen (secondary N) is 1. The minimum atomic E-state index is -3.59. The Morgan fingerprint density at radius 3 is 2.44 bits per heavy atom. The van der Waals surface area contributed by atoms with Crippen LogP contribution in [-0.2, 0) is 19.6 Å². The van der Waals surface area contributed by atoms with Gasteiger partial charge in [0.05, 0.1) is 24.9 Å². The predicted octanol–water partition coefficient (Wildman–Crippen LogP) is -1.22. The number of methoxy groups -OCH3 is 1. The van der Waals surface area contributed by atoms with Crippen LogP contribution < -0.4 is 4.72 Å². The molecule has 0 aromatic heterocycles. The van der Waals surface area contributed by atoms with Crippen molar-refractivity contribution in [1.29, 1.82) is 0 Å². The minimum Gasteiger partial charge on any atom is -0.469 e. The number of carbonyl (C=O) groups excluding carboxylic acids is 1. The van der Waals surface area contributed by atoms with Crippen LogP contribution in [0.1, 0.15) is 13.3 Å². The van der Waals surface area contributed by atoms with E-state index in [1.165, 1.54) is 14.0 Å². The highest BCUT2D eigenvalue weighted by molar-refractivity contribution is 7.89. The lowest BCUT2D eigenvalue weighted by Gasteiger charge is -2.26. The molecule has 8 heteroatoms. The van der Waals surface area contributed by atoms with E-state index in [2.05, 4.69) is 9.46 Å². The van der Waals surface area contributed by atoms with Crippen LogP contribution in [0.25, 0.3) is 0 Å². The molecule has 0 spiro atoms. The molecule has 0 aliphatic carbocycles. The van der Waals surface area contributed by atoms with Gasteiger partial charge in [-0.25, -0.2) is 13.1 Å². The number of ether oxygens (including phenoxy) is 1. The molecule has 0 rings (SSSR count). The maximum Gasteiger partial charge on any atom is 0.306 e. The molecule has 1 atom stereocenters. The number of nitrogens with zero attached hydrogens (tertiary/aromatic N) is 1. The summed E-state index contributed by atoms with van der Waals surface area (Å²) in [6.07, 6.45) is -0.207. The first-order chi connectivity index (χ1) is 8.08. The molecule has 108 valence electrons. The molecule has 0 saturated heterocycles. The zero-order chi connectivity index (χ0) is 14.4. The lowest BCUT2D eigenvalue weighted by molar-refractivity contribution is -0.140. The Labute approximate surface area is 108 Å². The number of esters is 1. The Morgan fingerprint density at radius 2 is 2.00 bits per heavy atom. The third-order valence-corrected chi connectivity index (χ3v) is 3.46. The molecule has 2 N–H and O–H groups in total. The molecule has 0 heterocycles. The molecule has 0 radical (unpaired) electrons. The van der Waals surface area contributed by atoms with E-state index in [4.69, 9.17) is 0 Å². The molecule has 0 aromatic carbocycles. The summed E-state index contributed by atoms with van der Waals surface area (Å²) >= 11 is 0. The lowest BCUT2D eigenvalue weighted by Crippen LogP contribution is -2.47. The average molecular weight is 282 g/mol. The van der Waals surface area contributed by atoms with E-state index in [1.54, 1.807) is 19.0 Å². The first kappa shape index (κ1) is 17.3. The fourth-order valence-corrected chi connectivity index (χ4v) is 2.51. The van der Waals surface area contributed by atoms with Gasteiger partial charge in [0.15, 0.2) is 0 Å². The van der Waals surface area contributed by atoms with Gasteiger partial charge in [-0.2, -0.15) is 0 Å². The molecule has 1 unspecified atom stereocenters. The second-order valence-electron chi connectivity index (χ2n) is 4.70. The summed E-state index contributed by atoms with van der Waals surface area (Å²) in [7, 11) is 1.17. The third kappa shape index (κ3) is 8.40. The largest absolute Gasteiger partial charge is 0.469 e. The first-order valence-electron chi connectivity index (χ1n) is 5.49. The van der Waals surface area contributed by atoms with Crippen LogP contribution in [0.2, 0.25) is 0 Å². The molecule has 0 saturated carbocycles. The van der Waals surface area contributed by atoms with E-state index in [-0.39, 0.29) is 18.7 Å². The van der Waals surface area contributed by atoms with E-state index in [0.717, 1.165) is 0 Å². The maximum atomic E-state index is 11.5. The molecular formula is C10H22N2O5S. The first-order valence-corrected chi connectivity index (χ1v) is 7.14. The van der Waals surface area contributed by atoms with Crippen molar-refractivity contribution < 1.29 is 23.1 Å². The van der Waals surface area contributed by atoms with Crippen molar-refractivity contribution in [2.45, 2.75) is 18.9 Å². The topological polar surface area (TPSA) is 95.9 Å². The van der Waals surface area contributed by atoms with Gasteiger partial charge >= 0.3 is 5.97 Å². The molecule has 7 nitrogen and oxygen atoms in total. The van der Waals surface area contributed by atoms with E-state index >= 15 is 0 Å². The standard InChI is InChI=1S/C10H22N2O5S/c1-10(14,8-12(2)3)7-11-18(15,16)6-5-9(13)17-4/h11,14H,5-8H2,1-4H3. The van der Waals surface area contributed by atoms with Gasteiger partial charge in [0.1, 0.15) is 0 Å². The van der Waals surface area contributed by atoms with Crippen LogP contribution >= 0.6 is 0 Å². The molecular weight excluding hydrogens is 260 g/mol. The number of rotatable bonds is 8. The van der Waals surface area contributed by atoms with Crippen LogP contribution in [0.3, 0.4) is 0 Å². The second kappa shape index (κ2) is 7.03. The van der Waals surface area contributed by atoms with Crippen LogP contribution in [0.4, 0.5) is 0 Å². The second-order valence-corrected chi connectivity index (χ2v) is 6.63. The minimum absolute atomic E-state index is 0.102. The number of hydrogen-bond donors (Lipinski definition) is 2. The summed E-state index contributed by atoms with van der Waals surface area (Å²) in [4.78, 5) is 12.6. The molecule has 18 heavy (non-hydrogen) atoms. The smallest absolute Gasteiger partial charge is 0.306 e. The third-order valence-electron chi connectivity index (χ3n) is 2.13. The van der Waals surface area contributed by atoms with Gasteiger partial charge in [-0.15, -0.1) is 0 Å². The van der Waals surface area contributed by atoms with Crippen LogP contribution in [0.5, 0.6) is 0 Å². The van der Waals surface area contributed by atoms with Gasteiger partial charge in [-0.3, -0.25) is 4.79 Å². The quantitative estimate of drug-likeness (QED) is 0.542. The fraction of sp³-hybridized carbons (Fsp3) is 0.900. The predicted molar refractivity (Wildman–Crippen MR) is 67.6 cm³/mol. The van der Waals surface area contributed by atoms with E-state index < -0.39 is 21.6 Å². The zero-order valence-electron chi connectivity index (χ0n) is 11.3. The maximum absolute atomic E-state index is 11.5. The lowest BCUT2D eigenvalue weighted by atomic mass is 10.1. The summed E-state index contributed by atoms with van der Waals surface area (Å²) in [5.74, 6) is -0.932. The highest BCUT2D eigenvalue weighted by atomic mass is 32.2. The summed E-state index contributed by atoms with van der Waals surface area (Å²) in [6.45, 7) is 1.76. The van der Waals surface area contributed by atoms with E-state index in [1.807, 2.05) is 0 Å². The molecule has 0 aliphatic heterocycles. The van der Waals surface area contributed by atoms with Gasteiger partial charge in [0.2, 0.25) is 10.0 Å². The normalized spacial score (nSPS) is 15.4. The van der Waals surface area contributed by atoms with Crippen molar-refractivity contribution >= 4 is 16.0 Å². The van der Waals surface area contributed by atoms with E-state index in [0.29, 0.717) is 6.54 Å². The van der Waals surface area contributed by atoms with Gasteiger partial charge in [-0.1, -0.05) is 0 Å². The Morgan fingerprint density at radius 1 is 1.44 bits per heavy atom. The Balaban J connectivity index is 4.22. The SMILES string of the molecule is COC(=O)CCS(=O)(=O)NCC(C)(O)CN(C)C. The average Bonchev–Trinajstić information content (AvgIpc) is 2.22. The fourth-order valence-electron chi connectivity index (χ4n) is 1.39. The number of aliphatic hydroxyl groups is 1. The van der Waals surface area contributed by atoms with Gasteiger partial charge in [0, 0.05) is 13.1 Å². The number of hydrogen-bond acceptors (Lipinski definition) is 6. The number of sulfonamides is 1. The molecule has 0 fully saturated rings. The number of carbonyl (C=O) groups is 1. The van der Waals surface area contributed by atoms with Crippen LogP contribution in [0, 0.1) is 0 Å². The zero-order valence-corrected chi connectivity index (χ0v) is 12.1. The number of likely N-dealkylation sites (N-methyl/N-ethyl adjacent to an activating group) is 1. The van der Waals surface area contributed by atoms with Crippen molar-refractivity contribution in [2.75, 3.05) is 40.0 Å². The van der Waals surface area contributed by atoms with Gasteiger partial charge in [-0.05, 0) is 21.0 Å². The Hall–Kier alpha value is -0.700. The van der Waals surface area contributed by atoms with Crippen molar-refractivity contribution in [3.63, 3.8) is 0 Å². The molecule has 0 amide bonds. The summed E-state index contributed by atoms with van der Waals surface area (Å²) < 4.78 is 29.7. The highest BCUT2D eigenvalue weighted by Crippen LogP contribution is 2.04. The highest BCUT2D eigenvalue weighted by Gasteiger charge is 2.24. The van der Waals surface area contributed by atoms with Crippen LogP contribution in [-0.4, -0.2) is 70.0 Å². The van der Waals surface area contributed by atoms with Crippen molar-refractivity contribution in [2.24, 2.45) is 0 Å². The van der Waals surface area contributed by atoms with E-state index in [9.17, 15) is 18.3 Å². The monoisotopic (exact) mass is 282 g/mol. The summed E-state index contributed by atoms with van der Waals surface area (Å²) in [5, 5.41) is 9.91. The molecule has 0 bridgehead atoms. The summed E-state index contributed by atoms with van der Waals surface area (Å²) in [5.41, 5.74) is -1.16. The van der Waals surface area contributed by atoms with Crippen LogP contribution in [0.15, 0.2) is 0 Å². The Kier molecular flexibility index (Phi) is 6.76. The van der Waals surface area contributed by atoms with Crippen molar-refractivity contribution in [3.8, 4) is 0 Å². The molecule has 0 aromatic rings. The van der Waals surface area contributed by atoms with Gasteiger partial charge < -0.3 is 14.7 Å². The molecule has 0 aliphatic rings. The summed E-state index contributed by atoms with van der Waals surface area (Å²) in [6, 6.07) is 0. The van der Waals surface area contributed by atoms with Gasteiger partial charge in [0.25, 0.3) is 0 Å². The van der Waals surface area contributed by atoms with Crippen molar-refractivity contribution in [3.05, 3.63) is 0 Å².